The van der Waals surface area contributed by atoms with Gasteiger partial charge in [0, 0.05) is 22.7 Å². The van der Waals surface area contributed by atoms with Crippen LogP contribution in [0.15, 0.2) is 35.1 Å². The Morgan fingerprint density at radius 1 is 1.14 bits per heavy atom. The van der Waals surface area contributed by atoms with Crippen molar-refractivity contribution in [3.63, 3.8) is 0 Å². The third-order valence-corrected chi connectivity index (χ3v) is 9.55. The molecule has 0 aromatic heterocycles. The number of hydrogen-bond donors (Lipinski definition) is 5. The average molecular weight is 664 g/mol. The summed E-state index contributed by atoms with van der Waals surface area (Å²) in [5.74, 6) is -10.1. The molecule has 6 atom stereocenters. The lowest BCUT2D eigenvalue weighted by Crippen LogP contribution is -2.71. The van der Waals surface area contributed by atoms with E-state index in [4.69, 9.17) is 15.2 Å². The van der Waals surface area contributed by atoms with Crippen molar-refractivity contribution in [3.05, 3.63) is 46.2 Å². The minimum absolute atomic E-state index is 0.00241. The number of rotatable bonds is 8. The second-order valence-electron chi connectivity index (χ2n) is 11.8. The van der Waals surface area contributed by atoms with Crippen molar-refractivity contribution < 1.29 is 49.1 Å². The van der Waals surface area contributed by atoms with Crippen molar-refractivity contribution >= 4 is 45.1 Å². The Morgan fingerprint density at radius 2 is 1.81 bits per heavy atom. The van der Waals surface area contributed by atoms with E-state index >= 15 is 0 Å². The van der Waals surface area contributed by atoms with Crippen LogP contribution in [0.4, 0.5) is 0 Å². The molecule has 5 rings (SSSR count). The molecule has 1 aromatic carbocycles. The minimum atomic E-state index is -2.99. The fraction of sp³-hybridized carbons (Fsp3) is 0.533. The van der Waals surface area contributed by atoms with Crippen LogP contribution in [0, 0.1) is 11.8 Å². The van der Waals surface area contributed by atoms with Gasteiger partial charge in [0.2, 0.25) is 5.78 Å². The zero-order valence-electron chi connectivity index (χ0n) is 23.8. The van der Waals surface area contributed by atoms with Gasteiger partial charge in [-0.25, -0.2) is 0 Å². The van der Waals surface area contributed by atoms with Crippen molar-refractivity contribution in [2.24, 2.45) is 17.6 Å². The third kappa shape index (κ3) is 4.86. The van der Waals surface area contributed by atoms with Gasteiger partial charge in [0.1, 0.15) is 28.9 Å². The van der Waals surface area contributed by atoms with Crippen molar-refractivity contribution in [1.29, 1.82) is 0 Å². The second kappa shape index (κ2) is 11.7. The number of hydrogen-bond acceptors (Lipinski definition) is 11. The highest BCUT2D eigenvalue weighted by molar-refractivity contribution is 9.09. The largest absolute Gasteiger partial charge is 0.508 e. The number of phenols is 1. The number of likely N-dealkylation sites (N-methyl/N-ethyl adjacent to an activating group) is 1. The van der Waals surface area contributed by atoms with Crippen LogP contribution in [0.3, 0.4) is 0 Å². The lowest BCUT2D eigenvalue weighted by Gasteiger charge is -2.54. The van der Waals surface area contributed by atoms with E-state index in [1.54, 1.807) is 12.1 Å². The number of nitrogens with two attached hydrogens (primary N) is 1. The summed E-state index contributed by atoms with van der Waals surface area (Å²) in [5.41, 5.74) is 1.41. The Hall–Kier alpha value is -3.26. The molecule has 4 aliphatic carbocycles. The van der Waals surface area contributed by atoms with Gasteiger partial charge < -0.3 is 35.6 Å². The van der Waals surface area contributed by atoms with Gasteiger partial charge in [-0.1, -0.05) is 40.9 Å². The number of fused-ring (bicyclic) bond motifs is 3. The zero-order valence-corrected chi connectivity index (χ0v) is 25.4. The number of alkyl halides is 1. The van der Waals surface area contributed by atoms with Gasteiger partial charge in [-0.3, -0.25) is 24.1 Å². The van der Waals surface area contributed by atoms with Crippen molar-refractivity contribution in [2.45, 2.75) is 61.9 Å². The van der Waals surface area contributed by atoms with Crippen LogP contribution in [-0.4, -0.2) is 98.7 Å². The average Bonchev–Trinajstić information content (AvgIpc) is 3.45. The lowest BCUT2D eigenvalue weighted by atomic mass is 9.54. The van der Waals surface area contributed by atoms with Gasteiger partial charge in [-0.15, -0.1) is 0 Å². The number of benzene rings is 1. The van der Waals surface area contributed by atoms with Gasteiger partial charge in [0.05, 0.1) is 36.7 Å². The van der Waals surface area contributed by atoms with Gasteiger partial charge in [0.25, 0.3) is 5.91 Å². The van der Waals surface area contributed by atoms with E-state index in [1.807, 2.05) is 0 Å². The van der Waals surface area contributed by atoms with Gasteiger partial charge in [0.15, 0.2) is 11.4 Å². The summed E-state index contributed by atoms with van der Waals surface area (Å²) in [6.07, 6.45) is 1.98. The molecule has 0 aliphatic heterocycles. The highest BCUT2D eigenvalue weighted by Crippen LogP contribution is 2.57. The summed E-state index contributed by atoms with van der Waals surface area (Å²) in [4.78, 5) is 55.0. The summed E-state index contributed by atoms with van der Waals surface area (Å²) < 4.78 is 12.3. The normalized spacial score (nSPS) is 30.8. The molecule has 0 heterocycles. The lowest BCUT2D eigenvalue weighted by molar-refractivity contribution is -0.186. The van der Waals surface area contributed by atoms with Crippen LogP contribution in [-0.2, 0) is 28.7 Å². The number of aliphatic hydroxyl groups is 3. The molecule has 1 aromatic rings. The molecule has 0 radical (unpaired) electrons. The number of ketones is 2. The first kappa shape index (κ1) is 31.2. The van der Waals surface area contributed by atoms with E-state index in [2.05, 4.69) is 15.9 Å². The Kier molecular flexibility index (Phi) is 8.47. The molecule has 2 fully saturated rings. The number of carbonyl (C=O) groups excluding carboxylic acids is 4. The molecular weight excluding hydrogens is 628 g/mol. The van der Waals surface area contributed by atoms with E-state index in [0.717, 1.165) is 25.7 Å². The predicted molar refractivity (Wildman–Crippen MR) is 155 cm³/mol. The number of aromatic hydroxyl groups is 1. The molecule has 6 N–H and O–H groups in total. The molecule has 0 spiro atoms. The van der Waals surface area contributed by atoms with Crippen LogP contribution in [0.2, 0.25) is 0 Å². The highest BCUT2D eigenvalue weighted by atomic mass is 79.9. The maximum Gasteiger partial charge on any atom is 0.306 e. The molecule has 43 heavy (non-hydrogen) atoms. The number of ether oxygens (including phenoxy) is 2. The van der Waals surface area contributed by atoms with Gasteiger partial charge in [-0.2, -0.15) is 0 Å². The summed E-state index contributed by atoms with van der Waals surface area (Å²) in [7, 11) is 2.95. The number of carbonyl (C=O) groups is 4. The van der Waals surface area contributed by atoms with E-state index < -0.39 is 81.6 Å². The maximum atomic E-state index is 14.4. The molecule has 0 unspecified atom stereocenters. The standard InChI is InChI=1S/C30H35BrN2O10/c1-33(2)23-22-26(43-17(35)10-11-31)19-15(12-42-13-6-3-4-7-13)14-8-5-9-16(34)18(14)24(36)20(19)27(38)30(22,41)28(39)21(25(23)37)29(32)40/h5,8-9,13,15,19,22-23,26,34,36,39,41H,3-4,6-7,10-12H2,1-2H3,(H2,32,40)/t15-,19+,22+,23-,26-,30-/m1/s1. The molecule has 232 valence electrons. The number of primary amides is 1. The van der Waals surface area contributed by atoms with Crippen molar-refractivity contribution in [1.82, 2.24) is 4.90 Å². The zero-order chi connectivity index (χ0) is 31.4. The topological polar surface area (TPSA) is 197 Å². The Balaban J connectivity index is 1.80. The number of phenolic OH excluding ortho intramolecular Hbond substituents is 1. The molecule has 1 amide bonds. The van der Waals surface area contributed by atoms with Gasteiger partial charge in [-0.05, 0) is 38.6 Å². The molecule has 13 heteroatoms. The van der Waals surface area contributed by atoms with Crippen LogP contribution < -0.4 is 5.73 Å². The predicted octanol–water partition coefficient (Wildman–Crippen LogP) is 1.77. The SMILES string of the molecule is CN(C)[C@H]1C(=O)C(C(N)=O)=C(O)[C@]2(O)C(=O)C3=C(O)c4c(O)cccc4[C@@H](COC4CCCC4)[C@@H]3[C@@H](OC(=O)CCBr)[C@H]12. The summed E-state index contributed by atoms with van der Waals surface area (Å²) in [5, 5.41) is 46.1. The first-order valence-electron chi connectivity index (χ1n) is 14.2. The van der Waals surface area contributed by atoms with E-state index in [0.29, 0.717) is 5.56 Å². The number of halogens is 1. The molecule has 2 saturated carbocycles. The summed E-state index contributed by atoms with van der Waals surface area (Å²) in [6, 6.07) is 3.11. The summed E-state index contributed by atoms with van der Waals surface area (Å²) >= 11 is 3.20. The minimum Gasteiger partial charge on any atom is -0.508 e. The number of esters is 1. The maximum absolute atomic E-state index is 14.4. The number of nitrogens with zero attached hydrogens (tertiary/aromatic N) is 1. The summed E-state index contributed by atoms with van der Waals surface area (Å²) in [6.45, 7) is 0.00241. The second-order valence-corrected chi connectivity index (χ2v) is 12.5. The Labute approximate surface area is 256 Å². The van der Waals surface area contributed by atoms with Crippen molar-refractivity contribution in [2.75, 3.05) is 26.0 Å². The van der Waals surface area contributed by atoms with Gasteiger partial charge >= 0.3 is 5.97 Å². The monoisotopic (exact) mass is 662 g/mol. The molecule has 4 aliphatic rings. The van der Waals surface area contributed by atoms with Crippen molar-refractivity contribution in [3.8, 4) is 5.75 Å². The molecular formula is C30H35BrN2O10. The quantitative estimate of drug-likeness (QED) is 0.154. The van der Waals surface area contributed by atoms with Crippen LogP contribution in [0.5, 0.6) is 5.75 Å². The van der Waals surface area contributed by atoms with Crippen LogP contribution >= 0.6 is 15.9 Å². The highest BCUT2D eigenvalue weighted by Gasteiger charge is 2.70. The molecule has 0 saturated heterocycles. The molecule has 12 nitrogen and oxygen atoms in total. The van der Waals surface area contributed by atoms with Crippen LogP contribution in [0.1, 0.15) is 49.1 Å². The third-order valence-electron chi connectivity index (χ3n) is 9.15. The Morgan fingerprint density at radius 3 is 2.42 bits per heavy atom. The molecule has 0 bridgehead atoms. The van der Waals surface area contributed by atoms with E-state index in [-0.39, 0.29) is 35.8 Å². The fourth-order valence-corrected chi connectivity index (χ4v) is 7.61. The Bertz CT molecular complexity index is 1430. The van der Waals surface area contributed by atoms with E-state index in [9.17, 15) is 39.6 Å². The number of Topliss-reactive ketones (excluding diaryl/α,β-unsaturated/α-hetero) is 2. The van der Waals surface area contributed by atoms with Crippen LogP contribution in [0.25, 0.3) is 5.76 Å². The first-order chi connectivity index (χ1) is 20.4. The smallest absolute Gasteiger partial charge is 0.306 e. The fourth-order valence-electron chi connectivity index (χ4n) is 7.29. The number of aliphatic hydroxyl groups excluding tert-OH is 2. The number of amides is 1. The first-order valence-corrected chi connectivity index (χ1v) is 15.3. The van der Waals surface area contributed by atoms with E-state index in [1.165, 1.54) is 25.1 Å².